The zero-order chi connectivity index (χ0) is 14.5. The van der Waals surface area contributed by atoms with Gasteiger partial charge in [-0.25, -0.2) is 4.39 Å². The van der Waals surface area contributed by atoms with Gasteiger partial charge in [-0.15, -0.1) is 0 Å². The van der Waals surface area contributed by atoms with E-state index in [4.69, 9.17) is 9.47 Å². The Kier molecular flexibility index (Phi) is 4.58. The number of aliphatic hydroxyl groups is 1. The Morgan fingerprint density at radius 2 is 1.75 bits per heavy atom. The van der Waals surface area contributed by atoms with Crippen LogP contribution < -0.4 is 9.47 Å². The normalized spacial score (nSPS) is 13.6. The smallest absolute Gasteiger partial charge is 0.126 e. The maximum atomic E-state index is 13.1. The molecule has 0 aromatic heterocycles. The van der Waals surface area contributed by atoms with Gasteiger partial charge in [0, 0.05) is 6.07 Å². The predicted molar refractivity (Wildman–Crippen MR) is 74.4 cm³/mol. The maximum absolute atomic E-state index is 13.1. The van der Waals surface area contributed by atoms with Crippen LogP contribution in [0.3, 0.4) is 0 Å². The minimum absolute atomic E-state index is 0.367. The van der Waals surface area contributed by atoms with E-state index in [2.05, 4.69) is 0 Å². The number of methoxy groups -OCH3 is 1. The number of aliphatic hydroxyl groups excluding tert-OH is 1. The molecule has 0 saturated heterocycles. The van der Waals surface area contributed by atoms with Crippen molar-refractivity contribution >= 4 is 0 Å². The molecule has 2 aromatic carbocycles. The summed E-state index contributed by atoms with van der Waals surface area (Å²) in [6, 6.07) is 12.9. The molecule has 2 atom stereocenters. The Hall–Kier alpha value is -2.07. The van der Waals surface area contributed by atoms with E-state index in [9.17, 15) is 9.50 Å². The first-order valence-corrected chi connectivity index (χ1v) is 6.34. The molecule has 0 aliphatic rings. The van der Waals surface area contributed by atoms with Crippen LogP contribution in [0.5, 0.6) is 11.5 Å². The molecule has 0 radical (unpaired) electrons. The third-order valence-electron chi connectivity index (χ3n) is 3.02. The summed E-state index contributed by atoms with van der Waals surface area (Å²) in [5.74, 6) is 0.748. The fourth-order valence-corrected chi connectivity index (χ4v) is 1.89. The van der Waals surface area contributed by atoms with E-state index >= 15 is 0 Å². The fraction of sp³-hybridized carbons (Fsp3) is 0.250. The second-order valence-electron chi connectivity index (χ2n) is 4.50. The van der Waals surface area contributed by atoms with E-state index in [1.807, 2.05) is 0 Å². The van der Waals surface area contributed by atoms with Gasteiger partial charge in [0.1, 0.15) is 29.5 Å². The van der Waals surface area contributed by atoms with Crippen molar-refractivity contribution in [2.24, 2.45) is 0 Å². The van der Waals surface area contributed by atoms with Gasteiger partial charge < -0.3 is 14.6 Å². The average molecular weight is 276 g/mol. The van der Waals surface area contributed by atoms with Gasteiger partial charge in [0.15, 0.2) is 0 Å². The lowest BCUT2D eigenvalue weighted by molar-refractivity contribution is 0.0465. The molecule has 0 fully saturated rings. The van der Waals surface area contributed by atoms with E-state index in [0.717, 1.165) is 11.3 Å². The Morgan fingerprint density at radius 1 is 1.05 bits per heavy atom. The topological polar surface area (TPSA) is 38.7 Å². The minimum Gasteiger partial charge on any atom is -0.497 e. The number of halogens is 1. The molecule has 0 heterocycles. The quantitative estimate of drug-likeness (QED) is 0.910. The Bertz CT molecular complexity index is 554. The molecular weight excluding hydrogens is 259 g/mol. The van der Waals surface area contributed by atoms with Crippen LogP contribution in [-0.4, -0.2) is 18.3 Å². The van der Waals surface area contributed by atoms with Crippen LogP contribution in [0.4, 0.5) is 4.39 Å². The second kappa shape index (κ2) is 6.39. The van der Waals surface area contributed by atoms with E-state index < -0.39 is 12.2 Å². The van der Waals surface area contributed by atoms with Crippen molar-refractivity contribution in [1.82, 2.24) is 0 Å². The SMILES string of the molecule is COc1ccc(C(O)C(C)Oc2cccc(F)c2)cc1. The molecule has 3 nitrogen and oxygen atoms in total. The van der Waals surface area contributed by atoms with Crippen LogP contribution in [0.15, 0.2) is 48.5 Å². The average Bonchev–Trinajstić information content (AvgIpc) is 2.46. The highest BCUT2D eigenvalue weighted by Gasteiger charge is 2.18. The molecule has 0 aliphatic carbocycles. The highest BCUT2D eigenvalue weighted by molar-refractivity contribution is 5.29. The first-order chi connectivity index (χ1) is 9.60. The fourth-order valence-electron chi connectivity index (χ4n) is 1.89. The van der Waals surface area contributed by atoms with Crippen LogP contribution in [-0.2, 0) is 0 Å². The second-order valence-corrected chi connectivity index (χ2v) is 4.50. The van der Waals surface area contributed by atoms with Gasteiger partial charge in [-0.05, 0) is 36.8 Å². The minimum atomic E-state index is -0.802. The van der Waals surface area contributed by atoms with Crippen molar-refractivity contribution in [1.29, 1.82) is 0 Å². The molecule has 20 heavy (non-hydrogen) atoms. The zero-order valence-electron chi connectivity index (χ0n) is 11.4. The molecule has 1 N–H and O–H groups in total. The first kappa shape index (κ1) is 14.3. The zero-order valence-corrected chi connectivity index (χ0v) is 11.4. The number of benzene rings is 2. The number of rotatable bonds is 5. The lowest BCUT2D eigenvalue weighted by atomic mass is 10.1. The Balaban J connectivity index is 2.05. The molecule has 0 aliphatic heterocycles. The highest BCUT2D eigenvalue weighted by atomic mass is 19.1. The van der Waals surface area contributed by atoms with Gasteiger partial charge in [-0.2, -0.15) is 0 Å². The maximum Gasteiger partial charge on any atom is 0.126 e. The van der Waals surface area contributed by atoms with Gasteiger partial charge in [-0.3, -0.25) is 0 Å². The van der Waals surface area contributed by atoms with Gasteiger partial charge in [0.25, 0.3) is 0 Å². The van der Waals surface area contributed by atoms with Crippen molar-refractivity contribution < 1.29 is 19.0 Å². The monoisotopic (exact) mass is 276 g/mol. The van der Waals surface area contributed by atoms with Crippen LogP contribution in [0.25, 0.3) is 0 Å². The molecule has 106 valence electrons. The molecule has 0 spiro atoms. The van der Waals surface area contributed by atoms with Gasteiger partial charge in [0.05, 0.1) is 7.11 Å². The van der Waals surface area contributed by atoms with Crippen LogP contribution in [0.2, 0.25) is 0 Å². The molecule has 4 heteroatoms. The summed E-state index contributed by atoms with van der Waals surface area (Å²) in [7, 11) is 1.58. The molecule has 0 saturated carbocycles. The number of hydrogen-bond donors (Lipinski definition) is 1. The summed E-state index contributed by atoms with van der Waals surface area (Å²) >= 11 is 0. The van der Waals surface area contributed by atoms with Crippen molar-refractivity contribution in [2.45, 2.75) is 19.1 Å². The van der Waals surface area contributed by atoms with Gasteiger partial charge in [0.2, 0.25) is 0 Å². The summed E-state index contributed by atoms with van der Waals surface area (Å²) in [4.78, 5) is 0. The van der Waals surface area contributed by atoms with E-state index in [-0.39, 0.29) is 5.82 Å². The van der Waals surface area contributed by atoms with Gasteiger partial charge >= 0.3 is 0 Å². The summed E-state index contributed by atoms with van der Waals surface area (Å²) in [5, 5.41) is 10.2. The molecule has 0 amide bonds. The molecule has 2 unspecified atom stereocenters. The third kappa shape index (κ3) is 3.48. The lowest BCUT2D eigenvalue weighted by Gasteiger charge is -2.21. The van der Waals surface area contributed by atoms with Crippen LogP contribution in [0, 0.1) is 5.82 Å². The van der Waals surface area contributed by atoms with E-state index in [1.54, 1.807) is 50.4 Å². The lowest BCUT2D eigenvalue weighted by Crippen LogP contribution is -2.21. The van der Waals surface area contributed by atoms with Crippen LogP contribution in [0.1, 0.15) is 18.6 Å². The summed E-state index contributed by atoms with van der Waals surface area (Å²) in [6.07, 6.45) is -1.30. The Morgan fingerprint density at radius 3 is 2.35 bits per heavy atom. The summed E-state index contributed by atoms with van der Waals surface area (Å²) < 4.78 is 23.7. The van der Waals surface area contributed by atoms with Crippen molar-refractivity contribution in [3.05, 3.63) is 59.9 Å². The predicted octanol–water partition coefficient (Wildman–Crippen LogP) is 3.34. The standard InChI is InChI=1S/C16H17FO3/c1-11(20-15-5-3-4-13(17)10-15)16(18)12-6-8-14(19-2)9-7-12/h3-11,16,18H,1-2H3. The van der Waals surface area contributed by atoms with Crippen molar-refractivity contribution in [2.75, 3.05) is 7.11 Å². The van der Waals surface area contributed by atoms with Crippen LogP contribution >= 0.6 is 0 Å². The highest BCUT2D eigenvalue weighted by Crippen LogP contribution is 2.24. The number of hydrogen-bond acceptors (Lipinski definition) is 3. The summed E-state index contributed by atoms with van der Waals surface area (Å²) in [6.45, 7) is 1.74. The number of ether oxygens (including phenoxy) is 2. The van der Waals surface area contributed by atoms with Gasteiger partial charge in [-0.1, -0.05) is 18.2 Å². The molecule has 2 aromatic rings. The van der Waals surface area contributed by atoms with E-state index in [0.29, 0.717) is 5.75 Å². The first-order valence-electron chi connectivity index (χ1n) is 6.34. The summed E-state index contributed by atoms with van der Waals surface area (Å²) in [5.41, 5.74) is 0.717. The molecule has 0 bridgehead atoms. The largest absolute Gasteiger partial charge is 0.497 e. The third-order valence-corrected chi connectivity index (χ3v) is 3.02. The molecule has 2 rings (SSSR count). The Labute approximate surface area is 117 Å². The van der Waals surface area contributed by atoms with E-state index in [1.165, 1.54) is 12.1 Å². The van der Waals surface area contributed by atoms with Crippen molar-refractivity contribution in [3.8, 4) is 11.5 Å². The molecular formula is C16H17FO3. The van der Waals surface area contributed by atoms with Crippen molar-refractivity contribution in [3.63, 3.8) is 0 Å².